The molecule has 2 aromatic carbocycles. The Morgan fingerprint density at radius 3 is 2.56 bits per heavy atom. The third-order valence-electron chi connectivity index (χ3n) is 5.32. The van der Waals surface area contributed by atoms with Crippen LogP contribution in [-0.4, -0.2) is 50.8 Å². The molecule has 0 aliphatic carbocycles. The van der Waals surface area contributed by atoms with Crippen LogP contribution in [0.2, 0.25) is 0 Å². The summed E-state index contributed by atoms with van der Waals surface area (Å²) in [5, 5.41) is 6.83. The third-order valence-corrected chi connectivity index (χ3v) is 5.32. The lowest BCUT2D eigenvalue weighted by Gasteiger charge is -2.26. The number of nitrogens with one attached hydrogen (secondary N) is 2. The van der Waals surface area contributed by atoms with Gasteiger partial charge in [0, 0.05) is 45.3 Å². The lowest BCUT2D eigenvalue weighted by atomic mass is 10.1. The minimum absolute atomic E-state index is 0. The molecule has 6 nitrogen and oxygen atoms in total. The van der Waals surface area contributed by atoms with Crippen molar-refractivity contribution in [1.29, 1.82) is 0 Å². The predicted octanol–water partition coefficient (Wildman–Crippen LogP) is 4.10. The lowest BCUT2D eigenvalue weighted by Crippen LogP contribution is -2.36. The van der Waals surface area contributed by atoms with Gasteiger partial charge in [0.05, 0.1) is 19.8 Å². The molecule has 1 heterocycles. The Hall–Kier alpha value is -1.84. The van der Waals surface area contributed by atoms with Crippen molar-refractivity contribution >= 4 is 29.9 Å². The molecular formula is C25H37IN4O2. The van der Waals surface area contributed by atoms with Crippen LogP contribution in [0.25, 0.3) is 0 Å². The Kier molecular flexibility index (Phi) is 11.8. The highest BCUT2D eigenvalue weighted by molar-refractivity contribution is 14.0. The number of hydrogen-bond donors (Lipinski definition) is 2. The summed E-state index contributed by atoms with van der Waals surface area (Å²) in [5.74, 6) is 1.72. The van der Waals surface area contributed by atoms with Crippen LogP contribution in [0.5, 0.6) is 5.75 Å². The van der Waals surface area contributed by atoms with Gasteiger partial charge < -0.3 is 20.1 Å². The molecule has 3 rings (SSSR count). The normalized spacial score (nSPS) is 14.5. The van der Waals surface area contributed by atoms with Crippen molar-refractivity contribution < 1.29 is 9.47 Å². The maximum Gasteiger partial charge on any atom is 0.191 e. The molecule has 1 aliphatic rings. The molecule has 0 amide bonds. The van der Waals surface area contributed by atoms with E-state index in [2.05, 4.69) is 76.8 Å². The van der Waals surface area contributed by atoms with Gasteiger partial charge in [-0.15, -0.1) is 24.0 Å². The second-order valence-corrected chi connectivity index (χ2v) is 7.95. The summed E-state index contributed by atoms with van der Waals surface area (Å²) in [7, 11) is 1.80. The largest absolute Gasteiger partial charge is 0.493 e. The van der Waals surface area contributed by atoms with Gasteiger partial charge in [-0.05, 0) is 36.1 Å². The zero-order valence-corrected chi connectivity index (χ0v) is 21.9. The van der Waals surface area contributed by atoms with E-state index in [1.807, 2.05) is 0 Å². The van der Waals surface area contributed by atoms with Crippen LogP contribution in [0, 0.1) is 6.92 Å². The van der Waals surface area contributed by atoms with E-state index in [0.29, 0.717) is 6.54 Å². The van der Waals surface area contributed by atoms with E-state index in [-0.39, 0.29) is 24.0 Å². The molecule has 0 radical (unpaired) electrons. The highest BCUT2D eigenvalue weighted by Gasteiger charge is 2.11. The van der Waals surface area contributed by atoms with Gasteiger partial charge in [-0.2, -0.15) is 0 Å². The summed E-state index contributed by atoms with van der Waals surface area (Å²) in [4.78, 5) is 6.82. The standard InChI is InChI=1S/C25H36N4O2.HI/c1-4-12-31-24-15-20(2)8-9-23(24)18-28-25(26-3)27-17-21-6-5-7-22(16-21)19-29-10-13-30-14-11-29;/h5-9,15-16H,4,10-14,17-19H2,1-3H3,(H2,26,27,28);1H. The van der Waals surface area contributed by atoms with Crippen molar-refractivity contribution in [3.8, 4) is 5.75 Å². The average Bonchev–Trinajstić information content (AvgIpc) is 2.79. The summed E-state index contributed by atoms with van der Waals surface area (Å²) < 4.78 is 11.4. The average molecular weight is 553 g/mol. The zero-order chi connectivity index (χ0) is 21.9. The number of hydrogen-bond acceptors (Lipinski definition) is 4. The number of aliphatic imine (C=N–C) groups is 1. The Labute approximate surface area is 209 Å². The molecule has 176 valence electrons. The van der Waals surface area contributed by atoms with Crippen LogP contribution < -0.4 is 15.4 Å². The molecule has 0 unspecified atom stereocenters. The molecule has 1 saturated heterocycles. The van der Waals surface area contributed by atoms with Crippen LogP contribution in [-0.2, 0) is 24.4 Å². The number of morpholine rings is 1. The summed E-state index contributed by atoms with van der Waals surface area (Å²) >= 11 is 0. The molecule has 1 fully saturated rings. The first-order valence-corrected chi connectivity index (χ1v) is 11.2. The Morgan fingerprint density at radius 2 is 1.81 bits per heavy atom. The molecule has 1 aliphatic heterocycles. The molecule has 0 bridgehead atoms. The van der Waals surface area contributed by atoms with E-state index < -0.39 is 0 Å². The fourth-order valence-corrected chi connectivity index (χ4v) is 3.59. The van der Waals surface area contributed by atoms with Crippen molar-refractivity contribution in [2.24, 2.45) is 4.99 Å². The van der Waals surface area contributed by atoms with Crippen molar-refractivity contribution in [2.45, 2.75) is 39.9 Å². The molecule has 0 saturated carbocycles. The molecular weight excluding hydrogens is 515 g/mol. The number of benzene rings is 2. The van der Waals surface area contributed by atoms with Crippen LogP contribution in [0.15, 0.2) is 47.5 Å². The van der Waals surface area contributed by atoms with E-state index in [4.69, 9.17) is 9.47 Å². The van der Waals surface area contributed by atoms with Gasteiger partial charge in [0.1, 0.15) is 5.75 Å². The number of guanidine groups is 1. The highest BCUT2D eigenvalue weighted by Crippen LogP contribution is 2.20. The first-order chi connectivity index (χ1) is 15.2. The Bertz CT molecular complexity index is 854. The molecule has 0 aromatic heterocycles. The fourth-order valence-electron chi connectivity index (χ4n) is 3.59. The number of ether oxygens (including phenoxy) is 2. The second-order valence-electron chi connectivity index (χ2n) is 7.95. The van der Waals surface area contributed by atoms with Crippen LogP contribution in [0.4, 0.5) is 0 Å². The van der Waals surface area contributed by atoms with Gasteiger partial charge >= 0.3 is 0 Å². The van der Waals surface area contributed by atoms with Gasteiger partial charge in [0.15, 0.2) is 5.96 Å². The third kappa shape index (κ3) is 8.60. The number of halogens is 1. The molecule has 32 heavy (non-hydrogen) atoms. The van der Waals surface area contributed by atoms with E-state index in [1.165, 1.54) is 16.7 Å². The SMILES string of the molecule is CCCOc1cc(C)ccc1CNC(=NC)NCc1cccc(CN2CCOCC2)c1.I. The van der Waals surface area contributed by atoms with Crippen molar-refractivity contribution in [3.63, 3.8) is 0 Å². The van der Waals surface area contributed by atoms with E-state index in [9.17, 15) is 0 Å². The summed E-state index contributed by atoms with van der Waals surface area (Å²) in [6.45, 7) is 11.0. The van der Waals surface area contributed by atoms with E-state index in [1.54, 1.807) is 7.05 Å². The van der Waals surface area contributed by atoms with Crippen LogP contribution in [0.1, 0.15) is 35.6 Å². The second kappa shape index (κ2) is 14.3. The monoisotopic (exact) mass is 552 g/mol. The van der Waals surface area contributed by atoms with E-state index in [0.717, 1.165) is 69.7 Å². The maximum absolute atomic E-state index is 5.93. The molecule has 2 aromatic rings. The quantitative estimate of drug-likeness (QED) is 0.279. The summed E-state index contributed by atoms with van der Waals surface area (Å²) in [6, 6.07) is 15.1. The Balaban J connectivity index is 0.00000363. The van der Waals surface area contributed by atoms with Crippen molar-refractivity contribution in [1.82, 2.24) is 15.5 Å². The molecule has 2 N–H and O–H groups in total. The van der Waals surface area contributed by atoms with Gasteiger partial charge in [-0.25, -0.2) is 0 Å². The number of rotatable bonds is 9. The maximum atomic E-state index is 5.93. The lowest BCUT2D eigenvalue weighted by molar-refractivity contribution is 0.0342. The predicted molar refractivity (Wildman–Crippen MR) is 142 cm³/mol. The summed E-state index contributed by atoms with van der Waals surface area (Å²) in [6.07, 6.45) is 0.995. The van der Waals surface area contributed by atoms with Gasteiger partial charge in [-0.3, -0.25) is 9.89 Å². The topological polar surface area (TPSA) is 58.1 Å². The minimum atomic E-state index is 0. The van der Waals surface area contributed by atoms with Crippen LogP contribution in [0.3, 0.4) is 0 Å². The minimum Gasteiger partial charge on any atom is -0.493 e. The van der Waals surface area contributed by atoms with Gasteiger partial charge in [0.2, 0.25) is 0 Å². The first kappa shape index (κ1) is 26.4. The van der Waals surface area contributed by atoms with Gasteiger partial charge in [0.25, 0.3) is 0 Å². The Morgan fingerprint density at radius 1 is 1.06 bits per heavy atom. The smallest absolute Gasteiger partial charge is 0.191 e. The number of nitrogens with zero attached hydrogens (tertiary/aromatic N) is 2. The molecule has 0 atom stereocenters. The zero-order valence-electron chi connectivity index (χ0n) is 19.5. The van der Waals surface area contributed by atoms with Crippen LogP contribution >= 0.6 is 24.0 Å². The highest BCUT2D eigenvalue weighted by atomic mass is 127. The fraction of sp³-hybridized carbons (Fsp3) is 0.480. The molecule has 7 heteroatoms. The molecule has 0 spiro atoms. The number of aryl methyl sites for hydroxylation is 1. The van der Waals surface area contributed by atoms with E-state index >= 15 is 0 Å². The van der Waals surface area contributed by atoms with Crippen molar-refractivity contribution in [3.05, 3.63) is 64.7 Å². The van der Waals surface area contributed by atoms with Gasteiger partial charge in [-0.1, -0.05) is 43.3 Å². The summed E-state index contributed by atoms with van der Waals surface area (Å²) in [5.41, 5.74) is 4.92. The first-order valence-electron chi connectivity index (χ1n) is 11.2. The van der Waals surface area contributed by atoms with Crippen molar-refractivity contribution in [2.75, 3.05) is 40.0 Å².